The maximum Gasteiger partial charge on any atom is 0.416 e. The molecule has 1 aromatic carbocycles. The van der Waals surface area contributed by atoms with Gasteiger partial charge in [0.25, 0.3) is 0 Å². The van der Waals surface area contributed by atoms with Crippen LogP contribution in [0.2, 0.25) is 5.02 Å². The molecule has 0 aromatic heterocycles. The van der Waals surface area contributed by atoms with E-state index in [9.17, 15) is 13.2 Å². The largest absolute Gasteiger partial charge is 0.416 e. The quantitative estimate of drug-likeness (QED) is 0.574. The standard InChI is InChI=1S/C7H4ClF3IN/c8-6-4(12)1-3(2-5(6)13)7(9,10)11/h1-2H,13H2. The molecule has 13 heavy (non-hydrogen) atoms. The zero-order valence-corrected chi connectivity index (χ0v) is 9.04. The number of benzene rings is 1. The van der Waals surface area contributed by atoms with Crippen LogP contribution >= 0.6 is 34.2 Å². The van der Waals surface area contributed by atoms with Crippen LogP contribution in [0.3, 0.4) is 0 Å². The molecule has 0 aliphatic heterocycles. The molecular weight excluding hydrogens is 317 g/mol. The second kappa shape index (κ2) is 3.53. The molecule has 0 aliphatic rings. The van der Waals surface area contributed by atoms with Crippen LogP contribution in [0.4, 0.5) is 18.9 Å². The molecule has 0 amide bonds. The fraction of sp³-hybridized carbons (Fsp3) is 0.143. The zero-order valence-electron chi connectivity index (χ0n) is 6.12. The third kappa shape index (κ3) is 2.40. The Balaban J connectivity index is 3.29. The average Bonchev–Trinajstić information content (AvgIpc) is 1.97. The number of anilines is 1. The molecule has 0 atom stereocenters. The van der Waals surface area contributed by atoms with Crippen LogP contribution < -0.4 is 5.73 Å². The molecule has 1 aromatic rings. The van der Waals surface area contributed by atoms with Crippen molar-refractivity contribution in [3.05, 3.63) is 26.3 Å². The van der Waals surface area contributed by atoms with Gasteiger partial charge >= 0.3 is 6.18 Å². The van der Waals surface area contributed by atoms with Gasteiger partial charge in [0.1, 0.15) is 0 Å². The predicted octanol–water partition coefficient (Wildman–Crippen LogP) is 3.55. The lowest BCUT2D eigenvalue weighted by atomic mass is 10.2. The van der Waals surface area contributed by atoms with E-state index in [1.807, 2.05) is 0 Å². The Hall–Kier alpha value is -0.170. The highest BCUT2D eigenvalue weighted by atomic mass is 127. The van der Waals surface area contributed by atoms with Crippen molar-refractivity contribution >= 4 is 39.9 Å². The van der Waals surface area contributed by atoms with Gasteiger partial charge in [0.05, 0.1) is 16.3 Å². The lowest BCUT2D eigenvalue weighted by Crippen LogP contribution is -2.06. The number of nitrogen functional groups attached to an aromatic ring is 1. The van der Waals surface area contributed by atoms with E-state index in [0.717, 1.165) is 12.1 Å². The lowest BCUT2D eigenvalue weighted by molar-refractivity contribution is -0.137. The van der Waals surface area contributed by atoms with Gasteiger partial charge in [-0.2, -0.15) is 13.2 Å². The van der Waals surface area contributed by atoms with Gasteiger partial charge in [-0.05, 0) is 34.7 Å². The monoisotopic (exact) mass is 321 g/mol. The smallest absolute Gasteiger partial charge is 0.397 e. The van der Waals surface area contributed by atoms with Crippen molar-refractivity contribution in [1.82, 2.24) is 0 Å². The molecule has 0 fully saturated rings. The number of hydrogen-bond acceptors (Lipinski definition) is 1. The van der Waals surface area contributed by atoms with E-state index < -0.39 is 11.7 Å². The molecule has 1 rings (SSSR count). The van der Waals surface area contributed by atoms with E-state index in [-0.39, 0.29) is 10.7 Å². The first-order chi connectivity index (χ1) is 5.82. The summed E-state index contributed by atoms with van der Waals surface area (Å²) in [5.74, 6) is 0. The van der Waals surface area contributed by atoms with E-state index in [4.69, 9.17) is 17.3 Å². The molecular formula is C7H4ClF3IN. The first-order valence-corrected chi connectivity index (χ1v) is 4.60. The highest BCUT2D eigenvalue weighted by Gasteiger charge is 2.31. The summed E-state index contributed by atoms with van der Waals surface area (Å²) in [6, 6.07) is 1.78. The molecule has 6 heteroatoms. The molecule has 1 nitrogen and oxygen atoms in total. The van der Waals surface area contributed by atoms with E-state index in [1.54, 1.807) is 22.6 Å². The third-order valence-electron chi connectivity index (χ3n) is 1.38. The van der Waals surface area contributed by atoms with Crippen molar-refractivity contribution in [2.45, 2.75) is 6.18 Å². The summed E-state index contributed by atoms with van der Waals surface area (Å²) >= 11 is 7.30. The fourth-order valence-corrected chi connectivity index (χ4v) is 1.53. The number of nitrogens with two attached hydrogens (primary N) is 1. The molecule has 0 saturated carbocycles. The van der Waals surface area contributed by atoms with Crippen LogP contribution in [0.15, 0.2) is 12.1 Å². The maximum atomic E-state index is 12.2. The van der Waals surface area contributed by atoms with Gasteiger partial charge in [-0.3, -0.25) is 0 Å². The van der Waals surface area contributed by atoms with Crippen molar-refractivity contribution in [1.29, 1.82) is 0 Å². The summed E-state index contributed by atoms with van der Waals surface area (Å²) in [5, 5.41) is 0.161. The molecule has 0 unspecified atom stereocenters. The van der Waals surface area contributed by atoms with Crippen LogP contribution in [-0.4, -0.2) is 0 Å². The SMILES string of the molecule is Nc1cc(C(F)(F)F)cc(I)c1Cl. The van der Waals surface area contributed by atoms with Crippen molar-refractivity contribution in [3.63, 3.8) is 0 Å². The molecule has 0 spiro atoms. The number of rotatable bonds is 0. The molecule has 0 saturated heterocycles. The van der Waals surface area contributed by atoms with Gasteiger partial charge in [-0.15, -0.1) is 0 Å². The molecule has 0 aliphatic carbocycles. The van der Waals surface area contributed by atoms with Gasteiger partial charge in [0, 0.05) is 3.57 Å². The summed E-state index contributed by atoms with van der Waals surface area (Å²) in [6.07, 6.45) is -4.38. The van der Waals surface area contributed by atoms with Crippen LogP contribution in [0.1, 0.15) is 5.56 Å². The van der Waals surface area contributed by atoms with Gasteiger partial charge in [0.15, 0.2) is 0 Å². The number of halogens is 5. The lowest BCUT2D eigenvalue weighted by Gasteiger charge is -2.09. The van der Waals surface area contributed by atoms with E-state index in [2.05, 4.69) is 0 Å². The number of alkyl halides is 3. The zero-order chi connectivity index (χ0) is 10.2. The summed E-state index contributed by atoms with van der Waals surface area (Å²) in [4.78, 5) is 0. The van der Waals surface area contributed by atoms with Crippen LogP contribution in [0.5, 0.6) is 0 Å². The Kier molecular flexibility index (Phi) is 2.96. The molecule has 0 radical (unpaired) electrons. The van der Waals surface area contributed by atoms with Gasteiger partial charge < -0.3 is 5.73 Å². The Morgan fingerprint density at radius 2 is 1.85 bits per heavy atom. The molecule has 0 heterocycles. The summed E-state index contributed by atoms with van der Waals surface area (Å²) < 4.78 is 36.8. The molecule has 72 valence electrons. The molecule has 2 N–H and O–H groups in total. The summed E-state index contributed by atoms with van der Waals surface area (Å²) in [7, 11) is 0. The van der Waals surface area contributed by atoms with Crippen molar-refractivity contribution in [3.8, 4) is 0 Å². The minimum absolute atomic E-state index is 0.0547. The van der Waals surface area contributed by atoms with E-state index >= 15 is 0 Å². The van der Waals surface area contributed by atoms with Crippen LogP contribution in [-0.2, 0) is 6.18 Å². The number of hydrogen-bond donors (Lipinski definition) is 1. The van der Waals surface area contributed by atoms with E-state index in [0.29, 0.717) is 3.57 Å². The first-order valence-electron chi connectivity index (χ1n) is 3.14. The second-order valence-electron chi connectivity index (χ2n) is 2.36. The maximum absolute atomic E-state index is 12.2. The Morgan fingerprint density at radius 1 is 1.31 bits per heavy atom. The third-order valence-corrected chi connectivity index (χ3v) is 2.98. The van der Waals surface area contributed by atoms with Gasteiger partial charge in [-0.25, -0.2) is 0 Å². The minimum atomic E-state index is -4.38. The normalized spacial score (nSPS) is 11.8. The van der Waals surface area contributed by atoms with Crippen molar-refractivity contribution in [2.75, 3.05) is 5.73 Å². The topological polar surface area (TPSA) is 26.0 Å². The molecule has 0 bridgehead atoms. The van der Waals surface area contributed by atoms with E-state index in [1.165, 1.54) is 0 Å². The Labute approximate surface area is 91.2 Å². The predicted molar refractivity (Wildman–Crippen MR) is 53.6 cm³/mol. The Bertz CT molecular complexity index is 314. The van der Waals surface area contributed by atoms with Gasteiger partial charge in [0.2, 0.25) is 0 Å². The Morgan fingerprint density at radius 3 is 2.23 bits per heavy atom. The van der Waals surface area contributed by atoms with Crippen molar-refractivity contribution < 1.29 is 13.2 Å². The fourth-order valence-electron chi connectivity index (χ4n) is 0.774. The second-order valence-corrected chi connectivity index (χ2v) is 3.90. The highest BCUT2D eigenvalue weighted by Crippen LogP contribution is 2.35. The van der Waals surface area contributed by atoms with Crippen LogP contribution in [0, 0.1) is 3.57 Å². The first kappa shape index (κ1) is 10.9. The summed E-state index contributed by atoms with van der Waals surface area (Å²) in [5.41, 5.74) is 4.45. The van der Waals surface area contributed by atoms with Crippen LogP contribution in [0.25, 0.3) is 0 Å². The van der Waals surface area contributed by atoms with Gasteiger partial charge in [-0.1, -0.05) is 11.6 Å². The van der Waals surface area contributed by atoms with Crippen molar-refractivity contribution in [2.24, 2.45) is 0 Å². The minimum Gasteiger partial charge on any atom is -0.397 e. The average molecular weight is 321 g/mol. The summed E-state index contributed by atoms with van der Waals surface area (Å²) in [6.45, 7) is 0. The highest BCUT2D eigenvalue weighted by molar-refractivity contribution is 14.1.